The van der Waals surface area contributed by atoms with Crippen molar-refractivity contribution in [2.24, 2.45) is 0 Å². The van der Waals surface area contributed by atoms with Crippen molar-refractivity contribution in [3.8, 4) is 11.1 Å². The van der Waals surface area contributed by atoms with Gasteiger partial charge in [0.1, 0.15) is 0 Å². The fourth-order valence-corrected chi connectivity index (χ4v) is 2.57. The van der Waals surface area contributed by atoms with Gasteiger partial charge in [-0.15, -0.1) is 0 Å². The summed E-state index contributed by atoms with van der Waals surface area (Å²) in [6.45, 7) is 3.19. The summed E-state index contributed by atoms with van der Waals surface area (Å²) in [5, 5.41) is 6.18. The lowest BCUT2D eigenvalue weighted by Gasteiger charge is -2.15. The van der Waals surface area contributed by atoms with E-state index in [9.17, 15) is 0 Å². The lowest BCUT2D eigenvalue weighted by molar-refractivity contribution is 0.982. The smallest absolute Gasteiger partial charge is 0.0499 e. The molecule has 3 rings (SSSR count). The van der Waals surface area contributed by atoms with Gasteiger partial charge in [0, 0.05) is 23.2 Å². The minimum atomic E-state index is 0.994. The summed E-state index contributed by atoms with van der Waals surface area (Å²) in [4.78, 5) is 0. The molecule has 0 aliphatic rings. The topological polar surface area (TPSA) is 12.0 Å². The predicted molar refractivity (Wildman–Crippen MR) is 88.2 cm³/mol. The number of anilines is 1. The third kappa shape index (κ3) is 2.39. The quantitative estimate of drug-likeness (QED) is 0.669. The lowest BCUT2D eigenvalue weighted by Crippen LogP contribution is -2.02. The first kappa shape index (κ1) is 12.7. The minimum absolute atomic E-state index is 0.994. The van der Waals surface area contributed by atoms with E-state index in [1.165, 1.54) is 27.6 Å². The zero-order chi connectivity index (χ0) is 13.8. The van der Waals surface area contributed by atoms with Crippen LogP contribution in [0.2, 0.25) is 0 Å². The molecule has 0 saturated heterocycles. The number of fused-ring (bicyclic) bond motifs is 1. The molecule has 0 saturated carbocycles. The molecular weight excluding hydrogens is 242 g/mol. The molecule has 0 aromatic heterocycles. The first-order chi connectivity index (χ1) is 9.90. The number of benzene rings is 3. The van der Waals surface area contributed by atoms with E-state index >= 15 is 0 Å². The van der Waals surface area contributed by atoms with Gasteiger partial charge < -0.3 is 5.32 Å². The number of hydrogen-bond acceptors (Lipinski definition) is 1. The molecule has 1 nitrogen and oxygen atoms in total. The van der Waals surface area contributed by atoms with Crippen LogP contribution >= 0.6 is 0 Å². The van der Waals surface area contributed by atoms with Crippen LogP contribution in [0.15, 0.2) is 66.7 Å². The standard InChI is InChI=1S/C19H19N/c1-2-14-20-19-17-11-7-6-10-16(17)12-13-18(19)15-8-4-3-5-9-15/h3-13,20H,2,14H2,1H3. The Morgan fingerprint density at radius 2 is 1.55 bits per heavy atom. The molecule has 1 N–H and O–H groups in total. The summed E-state index contributed by atoms with van der Waals surface area (Å²) >= 11 is 0. The summed E-state index contributed by atoms with van der Waals surface area (Å²) in [5.74, 6) is 0. The molecular formula is C19H19N. The van der Waals surface area contributed by atoms with Crippen LogP contribution in [0.25, 0.3) is 21.9 Å². The second-order valence-electron chi connectivity index (χ2n) is 5.00. The fourth-order valence-electron chi connectivity index (χ4n) is 2.57. The predicted octanol–water partition coefficient (Wildman–Crippen LogP) is 5.33. The van der Waals surface area contributed by atoms with Crippen molar-refractivity contribution >= 4 is 16.5 Å². The molecule has 0 radical (unpaired) electrons. The van der Waals surface area contributed by atoms with Crippen LogP contribution in [0.5, 0.6) is 0 Å². The molecule has 20 heavy (non-hydrogen) atoms. The average Bonchev–Trinajstić information content (AvgIpc) is 2.53. The minimum Gasteiger partial charge on any atom is -0.384 e. The SMILES string of the molecule is CCCNc1c(-c2ccccc2)ccc2ccccc12. The molecule has 100 valence electrons. The molecule has 0 amide bonds. The first-order valence-corrected chi connectivity index (χ1v) is 7.21. The Balaban J connectivity index is 2.20. The Hall–Kier alpha value is -2.28. The van der Waals surface area contributed by atoms with E-state index in [1.807, 2.05) is 0 Å². The lowest BCUT2D eigenvalue weighted by atomic mass is 9.98. The van der Waals surface area contributed by atoms with E-state index < -0.39 is 0 Å². The van der Waals surface area contributed by atoms with E-state index in [4.69, 9.17) is 0 Å². The zero-order valence-corrected chi connectivity index (χ0v) is 11.8. The van der Waals surface area contributed by atoms with Crippen LogP contribution in [0.4, 0.5) is 5.69 Å². The van der Waals surface area contributed by atoms with Gasteiger partial charge in [-0.3, -0.25) is 0 Å². The molecule has 0 fully saturated rings. The second-order valence-corrected chi connectivity index (χ2v) is 5.00. The van der Waals surface area contributed by atoms with Crippen molar-refractivity contribution in [2.75, 3.05) is 11.9 Å². The average molecular weight is 261 g/mol. The van der Waals surface area contributed by atoms with Crippen LogP contribution in [-0.4, -0.2) is 6.54 Å². The maximum Gasteiger partial charge on any atom is 0.0499 e. The highest BCUT2D eigenvalue weighted by Crippen LogP contribution is 2.34. The van der Waals surface area contributed by atoms with E-state index in [1.54, 1.807) is 0 Å². The molecule has 0 atom stereocenters. The van der Waals surface area contributed by atoms with Gasteiger partial charge in [-0.05, 0) is 17.4 Å². The normalized spacial score (nSPS) is 10.7. The van der Waals surface area contributed by atoms with Gasteiger partial charge in [0.15, 0.2) is 0 Å². The first-order valence-electron chi connectivity index (χ1n) is 7.21. The summed E-state index contributed by atoms with van der Waals surface area (Å²) in [7, 11) is 0. The van der Waals surface area contributed by atoms with Crippen molar-refractivity contribution in [3.63, 3.8) is 0 Å². The Morgan fingerprint density at radius 1 is 0.800 bits per heavy atom. The highest BCUT2D eigenvalue weighted by molar-refractivity contribution is 6.01. The van der Waals surface area contributed by atoms with Gasteiger partial charge in [0.05, 0.1) is 0 Å². The number of hydrogen-bond donors (Lipinski definition) is 1. The summed E-state index contributed by atoms with van der Waals surface area (Å²) in [6.07, 6.45) is 1.12. The van der Waals surface area contributed by atoms with Crippen LogP contribution < -0.4 is 5.32 Å². The molecule has 0 aliphatic heterocycles. The van der Waals surface area contributed by atoms with Crippen molar-refractivity contribution < 1.29 is 0 Å². The van der Waals surface area contributed by atoms with Crippen LogP contribution in [-0.2, 0) is 0 Å². The van der Waals surface area contributed by atoms with Crippen molar-refractivity contribution in [2.45, 2.75) is 13.3 Å². The molecule has 0 bridgehead atoms. The monoisotopic (exact) mass is 261 g/mol. The van der Waals surface area contributed by atoms with Gasteiger partial charge in [0.25, 0.3) is 0 Å². The maximum absolute atomic E-state index is 3.60. The maximum atomic E-state index is 3.60. The van der Waals surface area contributed by atoms with Gasteiger partial charge in [-0.2, -0.15) is 0 Å². The van der Waals surface area contributed by atoms with E-state index in [2.05, 4.69) is 79.0 Å². The molecule has 0 aliphatic carbocycles. The highest BCUT2D eigenvalue weighted by Gasteiger charge is 2.08. The third-order valence-electron chi connectivity index (χ3n) is 3.57. The molecule has 0 unspecified atom stereocenters. The van der Waals surface area contributed by atoms with Crippen molar-refractivity contribution in [1.29, 1.82) is 0 Å². The third-order valence-corrected chi connectivity index (χ3v) is 3.57. The van der Waals surface area contributed by atoms with E-state index in [0.717, 1.165) is 13.0 Å². The zero-order valence-electron chi connectivity index (χ0n) is 11.8. The molecule has 0 spiro atoms. The van der Waals surface area contributed by atoms with Crippen LogP contribution in [0.3, 0.4) is 0 Å². The number of nitrogens with one attached hydrogen (secondary N) is 1. The van der Waals surface area contributed by atoms with Crippen molar-refractivity contribution in [1.82, 2.24) is 0 Å². The summed E-state index contributed by atoms with van der Waals surface area (Å²) in [6, 6.07) is 23.6. The Morgan fingerprint density at radius 3 is 2.35 bits per heavy atom. The second kappa shape index (κ2) is 5.79. The molecule has 3 aromatic rings. The number of rotatable bonds is 4. The fraction of sp³-hybridized carbons (Fsp3) is 0.158. The summed E-state index contributed by atoms with van der Waals surface area (Å²) < 4.78 is 0. The van der Waals surface area contributed by atoms with E-state index in [0.29, 0.717) is 0 Å². The van der Waals surface area contributed by atoms with Gasteiger partial charge in [-0.1, -0.05) is 73.7 Å². The van der Waals surface area contributed by atoms with Crippen molar-refractivity contribution in [3.05, 3.63) is 66.7 Å². The largest absolute Gasteiger partial charge is 0.384 e. The van der Waals surface area contributed by atoms with Crippen LogP contribution in [0, 0.1) is 0 Å². The Labute approximate surface area is 120 Å². The Kier molecular flexibility index (Phi) is 3.69. The van der Waals surface area contributed by atoms with Gasteiger partial charge in [-0.25, -0.2) is 0 Å². The highest BCUT2D eigenvalue weighted by atomic mass is 14.9. The van der Waals surface area contributed by atoms with Gasteiger partial charge in [0.2, 0.25) is 0 Å². The van der Waals surface area contributed by atoms with Crippen LogP contribution in [0.1, 0.15) is 13.3 Å². The van der Waals surface area contributed by atoms with Gasteiger partial charge >= 0.3 is 0 Å². The molecule has 0 heterocycles. The molecule has 3 aromatic carbocycles. The Bertz CT molecular complexity index is 701. The summed E-state index contributed by atoms with van der Waals surface area (Å²) in [5.41, 5.74) is 3.78. The molecule has 1 heteroatoms. The van der Waals surface area contributed by atoms with E-state index in [-0.39, 0.29) is 0 Å².